The van der Waals surface area contributed by atoms with Crippen LogP contribution in [0.5, 0.6) is 0 Å². The van der Waals surface area contributed by atoms with Gasteiger partial charge >= 0.3 is 5.63 Å². The first-order valence-corrected chi connectivity index (χ1v) is 9.45. The number of carbonyl (C=O) groups excluding carboxylic acids is 1. The molecule has 1 amide bonds. The van der Waals surface area contributed by atoms with Crippen LogP contribution < -0.4 is 5.63 Å². The molecular formula is C21H26N2O3. The molecule has 0 aliphatic carbocycles. The summed E-state index contributed by atoms with van der Waals surface area (Å²) in [5.41, 5.74) is 3.65. The van der Waals surface area contributed by atoms with Gasteiger partial charge in [0.25, 0.3) is 0 Å². The van der Waals surface area contributed by atoms with E-state index in [9.17, 15) is 9.59 Å². The highest BCUT2D eigenvalue weighted by atomic mass is 16.4. The summed E-state index contributed by atoms with van der Waals surface area (Å²) in [6, 6.07) is 5.94. The van der Waals surface area contributed by atoms with E-state index >= 15 is 0 Å². The van der Waals surface area contributed by atoms with Gasteiger partial charge in [0, 0.05) is 44.2 Å². The summed E-state index contributed by atoms with van der Waals surface area (Å²) in [7, 11) is 1.94. The highest BCUT2D eigenvalue weighted by Gasteiger charge is 2.36. The van der Waals surface area contributed by atoms with E-state index in [4.69, 9.17) is 4.42 Å². The van der Waals surface area contributed by atoms with Gasteiger partial charge in [-0.3, -0.25) is 9.69 Å². The van der Waals surface area contributed by atoms with Gasteiger partial charge in [0.2, 0.25) is 5.91 Å². The fourth-order valence-electron chi connectivity index (χ4n) is 4.44. The molecule has 1 aromatic heterocycles. The summed E-state index contributed by atoms with van der Waals surface area (Å²) < 4.78 is 5.42. The zero-order valence-corrected chi connectivity index (χ0v) is 15.7. The first-order chi connectivity index (χ1) is 12.4. The van der Waals surface area contributed by atoms with Crippen molar-refractivity contribution in [3.05, 3.63) is 45.3 Å². The molecule has 2 bridgehead atoms. The van der Waals surface area contributed by atoms with Gasteiger partial charge in [-0.25, -0.2) is 4.79 Å². The molecule has 0 radical (unpaired) electrons. The highest BCUT2D eigenvalue weighted by molar-refractivity contribution is 5.82. The van der Waals surface area contributed by atoms with E-state index < -0.39 is 0 Å². The lowest BCUT2D eigenvalue weighted by atomic mass is 9.98. The predicted octanol–water partition coefficient (Wildman–Crippen LogP) is 2.85. The second-order valence-electron chi connectivity index (χ2n) is 7.95. The maximum Gasteiger partial charge on any atom is 0.336 e. The fraction of sp³-hybridized carbons (Fsp3) is 0.524. The maximum absolute atomic E-state index is 12.6. The third kappa shape index (κ3) is 3.05. The summed E-state index contributed by atoms with van der Waals surface area (Å²) in [5.74, 6) is 0.349. The Morgan fingerprint density at radius 1 is 1.08 bits per heavy atom. The molecule has 5 heteroatoms. The van der Waals surface area contributed by atoms with Crippen molar-refractivity contribution in [3.8, 4) is 0 Å². The molecular weight excluding hydrogens is 328 g/mol. The van der Waals surface area contributed by atoms with E-state index in [-0.39, 0.29) is 23.5 Å². The molecule has 0 unspecified atom stereocenters. The molecule has 2 aliphatic rings. The van der Waals surface area contributed by atoms with Crippen LogP contribution in [-0.4, -0.2) is 41.9 Å². The monoisotopic (exact) mass is 354 g/mol. The van der Waals surface area contributed by atoms with Crippen LogP contribution in [0, 0.1) is 19.8 Å². The molecule has 0 saturated carbocycles. The Bertz CT molecular complexity index is 917. The maximum atomic E-state index is 12.6. The van der Waals surface area contributed by atoms with E-state index in [2.05, 4.69) is 17.9 Å². The Kier molecular flexibility index (Phi) is 4.35. The van der Waals surface area contributed by atoms with Crippen LogP contribution in [0.2, 0.25) is 0 Å². The highest BCUT2D eigenvalue weighted by Crippen LogP contribution is 2.29. The average Bonchev–Trinajstić information content (AvgIpc) is 2.75. The Morgan fingerprint density at radius 2 is 1.85 bits per heavy atom. The van der Waals surface area contributed by atoms with Crippen LogP contribution in [-0.2, 0) is 11.3 Å². The van der Waals surface area contributed by atoms with Crippen LogP contribution in [0.3, 0.4) is 0 Å². The Balaban J connectivity index is 1.70. The molecule has 138 valence electrons. The SMILES string of the molecule is Cc1cc2oc(=O)cc(CN3C[C@H]4CCC[C@@H](C3)N(C)C4=O)c2cc1C. The Hall–Kier alpha value is -2.14. The lowest BCUT2D eigenvalue weighted by Gasteiger charge is -2.29. The fourth-order valence-corrected chi connectivity index (χ4v) is 4.44. The van der Waals surface area contributed by atoms with E-state index in [1.54, 1.807) is 6.07 Å². The number of hydrogen-bond donors (Lipinski definition) is 0. The van der Waals surface area contributed by atoms with Crippen molar-refractivity contribution in [2.75, 3.05) is 20.1 Å². The number of likely N-dealkylation sites (N-methyl/N-ethyl adjacent to an activating group) is 1. The Morgan fingerprint density at radius 3 is 2.65 bits per heavy atom. The zero-order chi connectivity index (χ0) is 18.4. The number of amides is 1. The van der Waals surface area contributed by atoms with Crippen LogP contribution in [0.4, 0.5) is 0 Å². The molecule has 0 N–H and O–H groups in total. The molecule has 4 rings (SSSR count). The van der Waals surface area contributed by atoms with Crippen molar-refractivity contribution < 1.29 is 9.21 Å². The van der Waals surface area contributed by atoms with Gasteiger partial charge in [-0.15, -0.1) is 0 Å². The van der Waals surface area contributed by atoms with E-state index in [1.165, 1.54) is 5.56 Å². The summed E-state index contributed by atoms with van der Waals surface area (Å²) in [4.78, 5) is 29.0. The predicted molar refractivity (Wildman–Crippen MR) is 101 cm³/mol. The number of aryl methyl sites for hydroxylation is 2. The summed E-state index contributed by atoms with van der Waals surface area (Å²) in [6.45, 7) is 6.42. The van der Waals surface area contributed by atoms with Crippen LogP contribution in [0.25, 0.3) is 11.0 Å². The molecule has 0 spiro atoms. The molecule has 2 fully saturated rings. The van der Waals surface area contributed by atoms with E-state index in [0.717, 1.165) is 48.9 Å². The van der Waals surface area contributed by atoms with E-state index in [1.807, 2.05) is 24.9 Å². The largest absolute Gasteiger partial charge is 0.423 e. The first kappa shape index (κ1) is 17.3. The molecule has 2 aliphatic heterocycles. The van der Waals surface area contributed by atoms with Gasteiger partial charge in [0.1, 0.15) is 5.58 Å². The smallest absolute Gasteiger partial charge is 0.336 e. The van der Waals surface area contributed by atoms with Crippen molar-refractivity contribution in [2.24, 2.45) is 5.92 Å². The lowest BCUT2D eigenvalue weighted by Crippen LogP contribution is -2.40. The minimum Gasteiger partial charge on any atom is -0.423 e. The average molecular weight is 354 g/mol. The number of carbonyl (C=O) groups is 1. The quantitative estimate of drug-likeness (QED) is 0.778. The number of rotatable bonds is 2. The standard InChI is InChI=1S/C21H26N2O3/c1-13-7-18-16(9-20(24)26-19(18)8-14(13)2)11-23-10-15-5-4-6-17(12-23)22(3)21(15)25/h7-9,15,17H,4-6,10-12H2,1-3H3/t15-,17+/m1/s1. The number of nitrogens with zero attached hydrogens (tertiary/aromatic N) is 2. The second kappa shape index (κ2) is 6.54. The molecule has 26 heavy (non-hydrogen) atoms. The van der Waals surface area contributed by atoms with Crippen molar-refractivity contribution in [3.63, 3.8) is 0 Å². The molecule has 2 atom stereocenters. The van der Waals surface area contributed by atoms with Gasteiger partial charge in [-0.2, -0.15) is 0 Å². The molecule has 3 heterocycles. The van der Waals surface area contributed by atoms with Crippen molar-refractivity contribution >= 4 is 16.9 Å². The van der Waals surface area contributed by atoms with Gasteiger partial charge in [-0.1, -0.05) is 6.42 Å². The third-order valence-corrected chi connectivity index (χ3v) is 6.12. The van der Waals surface area contributed by atoms with Crippen molar-refractivity contribution in [1.82, 2.24) is 9.80 Å². The summed E-state index contributed by atoms with van der Waals surface area (Å²) >= 11 is 0. The van der Waals surface area contributed by atoms with Gasteiger partial charge in [0.05, 0.1) is 5.92 Å². The van der Waals surface area contributed by atoms with Crippen molar-refractivity contribution in [1.29, 1.82) is 0 Å². The number of fused-ring (bicyclic) bond motifs is 4. The summed E-state index contributed by atoms with van der Waals surface area (Å²) in [6.07, 6.45) is 3.15. The minimum atomic E-state index is -0.307. The normalized spacial score (nSPS) is 24.1. The number of likely N-dealkylation sites (tertiary alicyclic amines) is 1. The summed E-state index contributed by atoms with van der Waals surface area (Å²) in [5, 5.41) is 1.00. The van der Waals surface area contributed by atoms with Crippen LogP contribution in [0.15, 0.2) is 27.4 Å². The zero-order valence-electron chi connectivity index (χ0n) is 15.7. The Labute approximate surface area is 153 Å². The van der Waals surface area contributed by atoms with E-state index in [0.29, 0.717) is 12.1 Å². The van der Waals surface area contributed by atoms with Crippen LogP contribution in [0.1, 0.15) is 36.0 Å². The number of hydrogen-bond acceptors (Lipinski definition) is 4. The lowest BCUT2D eigenvalue weighted by molar-refractivity contribution is -0.134. The van der Waals surface area contributed by atoms with Crippen molar-refractivity contribution in [2.45, 2.75) is 45.7 Å². The second-order valence-corrected chi connectivity index (χ2v) is 7.95. The molecule has 2 saturated heterocycles. The molecule has 2 aromatic rings. The first-order valence-electron chi connectivity index (χ1n) is 9.45. The molecule has 5 nitrogen and oxygen atoms in total. The topological polar surface area (TPSA) is 53.8 Å². The molecule has 1 aromatic carbocycles. The van der Waals surface area contributed by atoms with Gasteiger partial charge < -0.3 is 9.32 Å². The third-order valence-electron chi connectivity index (χ3n) is 6.12. The van der Waals surface area contributed by atoms with Gasteiger partial charge in [-0.05, 0) is 55.5 Å². The van der Waals surface area contributed by atoms with Gasteiger partial charge in [0.15, 0.2) is 0 Å². The van der Waals surface area contributed by atoms with Crippen LogP contribution >= 0.6 is 0 Å². The number of benzene rings is 1. The minimum absolute atomic E-state index is 0.0721.